The van der Waals surface area contributed by atoms with Gasteiger partial charge in [-0.15, -0.1) is 11.3 Å². The molecule has 5 heteroatoms. The summed E-state index contributed by atoms with van der Waals surface area (Å²) in [5.41, 5.74) is 0. The topological polar surface area (TPSA) is 42.0 Å². The highest BCUT2D eigenvalue weighted by atomic mass is 32.1. The molecular formula is C5H5BN2OS. The number of nitrogens with one attached hydrogen (secondary N) is 1. The molecular weight excluding hydrogens is 147 g/mol. The molecule has 0 fully saturated rings. The lowest BCUT2D eigenvalue weighted by atomic mass is 10.1. The van der Waals surface area contributed by atoms with Crippen LogP contribution in [0.15, 0.2) is 6.20 Å². The molecule has 1 aromatic heterocycles. The molecule has 0 aliphatic rings. The van der Waals surface area contributed by atoms with E-state index in [0.29, 0.717) is 17.7 Å². The van der Waals surface area contributed by atoms with E-state index in [1.165, 1.54) is 11.3 Å². The van der Waals surface area contributed by atoms with Crippen LogP contribution in [0.5, 0.6) is 0 Å². The normalized spacial score (nSPS) is 9.20. The fraction of sp³-hybridized carbons (Fsp3) is 0.200. The highest BCUT2D eigenvalue weighted by molar-refractivity contribution is 7.19. The summed E-state index contributed by atoms with van der Waals surface area (Å²) in [6.45, 7) is 0.464. The van der Waals surface area contributed by atoms with Gasteiger partial charge in [0.15, 0.2) is 0 Å². The Kier molecular flexibility index (Phi) is 2.45. The lowest BCUT2D eigenvalue weighted by Gasteiger charge is -1.89. The SMILES string of the molecule is [B]c1cnc(CNC=O)s1. The Balaban J connectivity index is 2.49. The maximum atomic E-state index is 9.82. The monoisotopic (exact) mass is 152 g/mol. The molecule has 0 saturated carbocycles. The number of hydrogen-bond acceptors (Lipinski definition) is 3. The van der Waals surface area contributed by atoms with Crippen molar-refractivity contribution in [3.63, 3.8) is 0 Å². The van der Waals surface area contributed by atoms with Crippen LogP contribution in [0, 0.1) is 0 Å². The van der Waals surface area contributed by atoms with E-state index in [-0.39, 0.29) is 0 Å². The van der Waals surface area contributed by atoms with E-state index in [4.69, 9.17) is 7.85 Å². The van der Waals surface area contributed by atoms with Gasteiger partial charge in [-0.2, -0.15) is 0 Å². The van der Waals surface area contributed by atoms with Crippen molar-refractivity contribution in [2.45, 2.75) is 6.54 Å². The summed E-state index contributed by atoms with van der Waals surface area (Å²) in [7, 11) is 5.39. The molecule has 1 heterocycles. The number of thiazole rings is 1. The van der Waals surface area contributed by atoms with Crippen molar-refractivity contribution in [3.05, 3.63) is 11.2 Å². The molecule has 50 valence electrons. The van der Waals surface area contributed by atoms with E-state index in [1.807, 2.05) is 0 Å². The zero-order chi connectivity index (χ0) is 7.40. The minimum Gasteiger partial charge on any atom is -0.352 e. The summed E-state index contributed by atoms with van der Waals surface area (Å²) in [4.78, 5) is 13.7. The van der Waals surface area contributed by atoms with E-state index in [1.54, 1.807) is 6.20 Å². The van der Waals surface area contributed by atoms with E-state index in [2.05, 4.69) is 10.3 Å². The van der Waals surface area contributed by atoms with Crippen molar-refractivity contribution in [1.82, 2.24) is 10.3 Å². The van der Waals surface area contributed by atoms with Crippen molar-refractivity contribution in [1.29, 1.82) is 0 Å². The van der Waals surface area contributed by atoms with Gasteiger partial charge < -0.3 is 5.32 Å². The summed E-state index contributed by atoms with van der Waals surface area (Å²) in [6.07, 6.45) is 2.21. The standard InChI is InChI=1S/C5H5BN2OS/c6-4-1-8-5(10-4)2-7-3-9/h1,3H,2H2,(H,7,9). The maximum Gasteiger partial charge on any atom is 0.207 e. The summed E-state index contributed by atoms with van der Waals surface area (Å²) >= 11 is 1.37. The Morgan fingerprint density at radius 2 is 2.70 bits per heavy atom. The zero-order valence-corrected chi connectivity index (χ0v) is 6.02. The highest BCUT2D eigenvalue weighted by Crippen LogP contribution is 1.98. The van der Waals surface area contributed by atoms with Gasteiger partial charge in [-0.3, -0.25) is 4.79 Å². The van der Waals surface area contributed by atoms with Gasteiger partial charge in [-0.1, -0.05) is 0 Å². The molecule has 0 unspecified atom stereocenters. The number of carbonyl (C=O) groups excluding carboxylic acids is 1. The quantitative estimate of drug-likeness (QED) is 0.454. The number of rotatable bonds is 3. The first-order chi connectivity index (χ1) is 4.83. The fourth-order valence-electron chi connectivity index (χ4n) is 0.535. The second-order valence-electron chi connectivity index (χ2n) is 1.66. The van der Waals surface area contributed by atoms with Gasteiger partial charge in [0.05, 0.1) is 6.54 Å². The van der Waals surface area contributed by atoms with Gasteiger partial charge in [0.1, 0.15) is 12.9 Å². The molecule has 0 saturated heterocycles. The van der Waals surface area contributed by atoms with Crippen LogP contribution in [0.3, 0.4) is 0 Å². The van der Waals surface area contributed by atoms with Crippen LogP contribution < -0.4 is 10.1 Å². The Morgan fingerprint density at radius 1 is 1.90 bits per heavy atom. The molecule has 1 amide bonds. The molecule has 0 aromatic carbocycles. The van der Waals surface area contributed by atoms with E-state index >= 15 is 0 Å². The lowest BCUT2D eigenvalue weighted by molar-refractivity contribution is -0.109. The molecule has 1 N–H and O–H groups in total. The Morgan fingerprint density at radius 3 is 3.20 bits per heavy atom. The van der Waals surface area contributed by atoms with Gasteiger partial charge in [-0.25, -0.2) is 4.98 Å². The Labute approximate surface area is 63.9 Å². The van der Waals surface area contributed by atoms with Crippen molar-refractivity contribution in [2.75, 3.05) is 0 Å². The second-order valence-corrected chi connectivity index (χ2v) is 2.80. The summed E-state index contributed by atoms with van der Waals surface area (Å²) in [6, 6.07) is 0. The Hall–Kier alpha value is -0.835. The first-order valence-corrected chi connectivity index (χ1v) is 3.52. The van der Waals surface area contributed by atoms with Crippen molar-refractivity contribution in [3.8, 4) is 0 Å². The number of amides is 1. The minimum absolute atomic E-state index is 0.464. The molecule has 0 bridgehead atoms. The first-order valence-electron chi connectivity index (χ1n) is 2.70. The zero-order valence-electron chi connectivity index (χ0n) is 5.20. The van der Waals surface area contributed by atoms with Gasteiger partial charge in [0, 0.05) is 6.20 Å². The average Bonchev–Trinajstić information content (AvgIpc) is 2.31. The van der Waals surface area contributed by atoms with Crippen LogP contribution in [0.2, 0.25) is 0 Å². The van der Waals surface area contributed by atoms with E-state index in [0.717, 1.165) is 5.01 Å². The molecule has 0 atom stereocenters. The van der Waals surface area contributed by atoms with Gasteiger partial charge in [-0.05, 0) is 4.78 Å². The maximum absolute atomic E-state index is 9.82. The highest BCUT2D eigenvalue weighted by Gasteiger charge is 1.94. The third-order valence-corrected chi connectivity index (χ3v) is 1.73. The van der Waals surface area contributed by atoms with Crippen molar-refractivity contribution >= 4 is 30.4 Å². The van der Waals surface area contributed by atoms with Crippen LogP contribution in [-0.4, -0.2) is 19.2 Å². The molecule has 10 heavy (non-hydrogen) atoms. The van der Waals surface area contributed by atoms with Crippen LogP contribution >= 0.6 is 11.3 Å². The first kappa shape index (κ1) is 7.27. The van der Waals surface area contributed by atoms with E-state index in [9.17, 15) is 4.79 Å². The number of carbonyl (C=O) groups is 1. The van der Waals surface area contributed by atoms with Crippen LogP contribution in [0.25, 0.3) is 0 Å². The molecule has 1 rings (SSSR count). The lowest BCUT2D eigenvalue weighted by Crippen LogP contribution is -2.09. The Bertz CT molecular complexity index is 225. The number of nitrogens with zero attached hydrogens (tertiary/aromatic N) is 1. The van der Waals surface area contributed by atoms with Crippen LogP contribution in [0.4, 0.5) is 0 Å². The smallest absolute Gasteiger partial charge is 0.207 e. The van der Waals surface area contributed by atoms with Crippen LogP contribution in [-0.2, 0) is 11.3 Å². The predicted octanol–water partition coefficient (Wildman–Crippen LogP) is -0.817. The number of hydrogen-bond donors (Lipinski definition) is 1. The molecule has 0 aliphatic heterocycles. The van der Waals surface area contributed by atoms with Crippen molar-refractivity contribution < 1.29 is 4.79 Å². The molecule has 1 aromatic rings. The third kappa shape index (κ3) is 1.84. The van der Waals surface area contributed by atoms with Gasteiger partial charge in [0.2, 0.25) is 6.41 Å². The summed E-state index contributed by atoms with van der Waals surface area (Å²) < 4.78 is 0.669. The minimum atomic E-state index is 0.464. The second kappa shape index (κ2) is 3.36. The number of aromatic nitrogens is 1. The van der Waals surface area contributed by atoms with Crippen LogP contribution in [0.1, 0.15) is 5.01 Å². The molecule has 3 nitrogen and oxygen atoms in total. The summed E-state index contributed by atoms with van der Waals surface area (Å²) in [5, 5.41) is 3.31. The predicted molar refractivity (Wildman–Crippen MR) is 40.4 cm³/mol. The summed E-state index contributed by atoms with van der Waals surface area (Å²) in [5.74, 6) is 0. The fourth-order valence-corrected chi connectivity index (χ4v) is 1.17. The molecule has 0 spiro atoms. The van der Waals surface area contributed by atoms with Gasteiger partial charge >= 0.3 is 0 Å². The van der Waals surface area contributed by atoms with Crippen molar-refractivity contribution in [2.24, 2.45) is 0 Å². The third-order valence-electron chi connectivity index (χ3n) is 0.908. The largest absolute Gasteiger partial charge is 0.352 e. The average molecular weight is 152 g/mol. The van der Waals surface area contributed by atoms with E-state index < -0.39 is 0 Å². The molecule has 0 aliphatic carbocycles. The molecule has 2 radical (unpaired) electrons. The van der Waals surface area contributed by atoms with Gasteiger partial charge in [0.25, 0.3) is 0 Å².